The van der Waals surface area contributed by atoms with E-state index >= 15 is 0 Å². The van der Waals surface area contributed by atoms with E-state index in [0.717, 1.165) is 0 Å². The summed E-state index contributed by atoms with van der Waals surface area (Å²) in [6, 6.07) is 25.3. The number of rotatable bonds is 4. The molecule has 0 aliphatic carbocycles. The van der Waals surface area contributed by atoms with E-state index in [1.54, 1.807) is 48.6 Å². The fraction of sp³-hybridized carbons (Fsp3) is 0. The standard InChI is InChI=1S/C40H2N24/c41-1-17(2-42)21(9-49)29-25(13-53)33-57-34-27(15-55)31(23(11-51)19(5-45)6-46)39(61-34)64-40-32(24(12-52)20(7-47)8-48)28(16-56)36(62-40)58-35-26(14-54)30(22(10-50)18(3-43)4-44)38(60-35)63-37(29)59-33/h(H2,57,58,59,60,61,62,63,64). The fourth-order valence-electron chi connectivity index (χ4n) is 5.79. The van der Waals surface area contributed by atoms with E-state index < -0.39 is 135 Å². The molecule has 0 unspecified atom stereocenters. The van der Waals surface area contributed by atoms with Gasteiger partial charge in [-0.1, -0.05) is 0 Å². The molecule has 5 heterocycles. The monoisotopic (exact) mass is 818 g/mol. The predicted octanol–water partition coefficient (Wildman–Crippen LogP) is 2.89. The van der Waals surface area contributed by atoms with E-state index in [1.165, 1.54) is 48.6 Å². The highest BCUT2D eigenvalue weighted by Crippen LogP contribution is 2.38. The van der Waals surface area contributed by atoms with Gasteiger partial charge in [0.05, 0.1) is 44.6 Å². The first-order chi connectivity index (χ1) is 31.0. The van der Waals surface area contributed by atoms with Gasteiger partial charge in [0.25, 0.3) is 0 Å². The van der Waals surface area contributed by atoms with Crippen molar-refractivity contribution < 1.29 is 0 Å². The first-order valence-electron chi connectivity index (χ1n) is 16.3. The van der Waals surface area contributed by atoms with E-state index in [9.17, 15) is 84.2 Å². The SMILES string of the molecule is N#CC(C#N)=C(C#N)C1=C(C#N)c2nc1nc1[nH]c(nc3nc(nc4[nH]c(n2)c(C#N)c4C(C#N)=C(C#N)C#N)C(C(C#N)=C(C#N)C#N)=C3C#N)c(C#N)c1C(C#N)=C(C#N)C#N. The second kappa shape index (κ2) is 17.5. The van der Waals surface area contributed by atoms with Crippen LogP contribution in [0.3, 0.4) is 0 Å². The Morgan fingerprint density at radius 2 is 0.578 bits per heavy atom. The lowest BCUT2D eigenvalue weighted by molar-refractivity contribution is 1.10. The first kappa shape index (κ1) is 42.3. The van der Waals surface area contributed by atoms with Gasteiger partial charge in [0.2, 0.25) is 0 Å². The molecule has 0 spiro atoms. The van der Waals surface area contributed by atoms with Gasteiger partial charge in [-0.05, 0) is 0 Å². The Balaban J connectivity index is 2.35. The topological polar surface area (TPSA) is 490 Å². The number of nitriles is 16. The Bertz CT molecular complexity index is 3580. The van der Waals surface area contributed by atoms with Crippen LogP contribution in [0.2, 0.25) is 0 Å². The molecule has 3 aromatic heterocycles. The van der Waals surface area contributed by atoms with E-state index in [0.29, 0.717) is 0 Å². The van der Waals surface area contributed by atoms with Gasteiger partial charge >= 0.3 is 0 Å². The number of nitrogens with zero attached hydrogens (tertiary/aromatic N) is 22. The summed E-state index contributed by atoms with van der Waals surface area (Å²) in [7, 11) is 0. The Morgan fingerprint density at radius 3 is 0.828 bits per heavy atom. The molecule has 282 valence electrons. The van der Waals surface area contributed by atoms with Crippen molar-refractivity contribution in [2.45, 2.75) is 0 Å². The molecule has 0 atom stereocenters. The third kappa shape index (κ3) is 6.62. The zero-order chi connectivity index (χ0) is 46.8. The van der Waals surface area contributed by atoms with Crippen LogP contribution in [-0.2, 0) is 0 Å². The molecule has 2 aliphatic rings. The van der Waals surface area contributed by atoms with Crippen molar-refractivity contribution in [3.63, 3.8) is 0 Å². The molecule has 24 heteroatoms. The zero-order valence-corrected chi connectivity index (χ0v) is 30.8. The van der Waals surface area contributed by atoms with E-state index in [-0.39, 0.29) is 0 Å². The second-order valence-electron chi connectivity index (χ2n) is 11.4. The zero-order valence-electron chi connectivity index (χ0n) is 30.8. The van der Waals surface area contributed by atoms with Crippen LogP contribution >= 0.6 is 0 Å². The van der Waals surface area contributed by atoms with E-state index in [1.807, 2.05) is 0 Å². The number of fused-ring (bicyclic) bond motifs is 8. The Kier molecular flexibility index (Phi) is 11.6. The minimum absolute atomic E-state index is 0.643. The van der Waals surface area contributed by atoms with Crippen LogP contribution in [0.15, 0.2) is 33.4 Å². The van der Waals surface area contributed by atoms with E-state index in [4.69, 9.17) is 0 Å². The van der Waals surface area contributed by atoms with Crippen molar-refractivity contribution >= 4 is 56.0 Å². The number of aromatic nitrogens is 8. The largest absolute Gasteiger partial charge is 0.323 e. The number of H-pyrrole nitrogens is 2. The molecule has 0 fully saturated rings. The average molecular weight is 819 g/mol. The maximum Gasteiger partial charge on any atom is 0.175 e. The molecule has 5 rings (SSSR count). The fourth-order valence-corrected chi connectivity index (χ4v) is 5.79. The maximum atomic E-state index is 10.5. The van der Waals surface area contributed by atoms with Crippen LogP contribution in [0.25, 0.3) is 56.0 Å². The van der Waals surface area contributed by atoms with Crippen LogP contribution in [0.4, 0.5) is 0 Å². The third-order valence-corrected chi connectivity index (χ3v) is 8.40. The van der Waals surface area contributed by atoms with Crippen molar-refractivity contribution in [3.8, 4) is 97.1 Å². The normalized spacial score (nSPS) is 10.1. The van der Waals surface area contributed by atoms with Crippen molar-refractivity contribution in [1.29, 1.82) is 84.2 Å². The molecule has 64 heavy (non-hydrogen) atoms. The molecular weight excluding hydrogens is 817 g/mol. The van der Waals surface area contributed by atoms with Crippen molar-refractivity contribution in [3.05, 3.63) is 79.0 Å². The molecule has 0 saturated carbocycles. The van der Waals surface area contributed by atoms with Crippen molar-refractivity contribution in [2.75, 3.05) is 0 Å². The van der Waals surface area contributed by atoms with Crippen LogP contribution in [0.5, 0.6) is 0 Å². The van der Waals surface area contributed by atoms with Gasteiger partial charge in [-0.15, -0.1) is 0 Å². The lowest BCUT2D eigenvalue weighted by atomic mass is 9.97. The van der Waals surface area contributed by atoms with Gasteiger partial charge in [0, 0.05) is 0 Å². The Labute approximate surface area is 355 Å². The number of hydrogen-bond donors (Lipinski definition) is 2. The van der Waals surface area contributed by atoms with Crippen LogP contribution < -0.4 is 0 Å². The lowest BCUT2D eigenvalue weighted by Crippen LogP contribution is -1.96. The number of allylic oxidation sites excluding steroid dienone is 12. The summed E-state index contributed by atoms with van der Waals surface area (Å²) in [6.45, 7) is 0. The van der Waals surface area contributed by atoms with Gasteiger partial charge in [-0.3, -0.25) is 0 Å². The molecule has 24 nitrogen and oxygen atoms in total. The van der Waals surface area contributed by atoms with Crippen molar-refractivity contribution in [2.24, 2.45) is 0 Å². The molecule has 0 radical (unpaired) electrons. The quantitative estimate of drug-likeness (QED) is 0.357. The summed E-state index contributed by atoms with van der Waals surface area (Å²) in [4.78, 5) is 30.6. The Hall–Kier alpha value is -12.9. The average Bonchev–Trinajstić information content (AvgIpc) is 4.04. The second-order valence-corrected chi connectivity index (χ2v) is 11.4. The molecule has 3 aromatic rings. The van der Waals surface area contributed by atoms with E-state index in [2.05, 4.69) is 39.9 Å². The summed E-state index contributed by atoms with van der Waals surface area (Å²) in [5.41, 5.74) is -14.9. The summed E-state index contributed by atoms with van der Waals surface area (Å²) < 4.78 is 0. The summed E-state index contributed by atoms with van der Waals surface area (Å²) >= 11 is 0. The van der Waals surface area contributed by atoms with Gasteiger partial charge in [0.1, 0.15) is 153 Å². The highest BCUT2D eigenvalue weighted by atomic mass is 15.1. The highest BCUT2D eigenvalue weighted by Gasteiger charge is 2.33. The number of nitrogens with one attached hydrogen (secondary N) is 2. The highest BCUT2D eigenvalue weighted by molar-refractivity contribution is 6.08. The van der Waals surface area contributed by atoms with Gasteiger partial charge < -0.3 is 9.97 Å². The van der Waals surface area contributed by atoms with Gasteiger partial charge in [-0.2, -0.15) is 84.2 Å². The van der Waals surface area contributed by atoms with Crippen molar-refractivity contribution in [1.82, 2.24) is 39.9 Å². The van der Waals surface area contributed by atoms with Crippen LogP contribution in [0.1, 0.15) is 45.6 Å². The smallest absolute Gasteiger partial charge is 0.175 e. The molecule has 0 amide bonds. The maximum absolute atomic E-state index is 10.5. The minimum Gasteiger partial charge on any atom is -0.323 e. The molecule has 0 aromatic carbocycles. The first-order valence-corrected chi connectivity index (χ1v) is 16.3. The molecule has 8 bridgehead atoms. The molecule has 2 aliphatic heterocycles. The third-order valence-electron chi connectivity index (χ3n) is 8.40. The lowest BCUT2D eigenvalue weighted by Gasteiger charge is -2.01. The molecule has 0 saturated heterocycles. The van der Waals surface area contributed by atoms with Crippen LogP contribution in [0, 0.1) is 181 Å². The molecular formula is C40H2N24. The minimum atomic E-state index is -0.890. The number of aromatic amines is 2. The Morgan fingerprint density at radius 1 is 0.297 bits per heavy atom. The van der Waals surface area contributed by atoms with Crippen LogP contribution in [-0.4, -0.2) is 39.9 Å². The van der Waals surface area contributed by atoms with Gasteiger partial charge in [0.15, 0.2) is 34.6 Å². The summed E-state index contributed by atoms with van der Waals surface area (Å²) in [5, 5.41) is 161. The summed E-state index contributed by atoms with van der Waals surface area (Å²) in [6.07, 6.45) is 0. The summed E-state index contributed by atoms with van der Waals surface area (Å²) in [5.74, 6) is -3.04. The van der Waals surface area contributed by atoms with Gasteiger partial charge in [-0.25, -0.2) is 29.9 Å². The number of hydrogen-bond acceptors (Lipinski definition) is 22. The molecule has 2 N–H and O–H groups in total. The predicted molar refractivity (Wildman–Crippen MR) is 202 cm³/mol.